The van der Waals surface area contributed by atoms with Gasteiger partial charge in [-0.3, -0.25) is 0 Å². The van der Waals surface area contributed by atoms with Gasteiger partial charge in [0.1, 0.15) is 5.75 Å². The lowest BCUT2D eigenvalue weighted by atomic mass is 10.1. The fraction of sp³-hybridized carbons (Fsp3) is 0.300. The fourth-order valence-electron chi connectivity index (χ4n) is 3.17. The first-order valence-corrected chi connectivity index (χ1v) is 8.67. The summed E-state index contributed by atoms with van der Waals surface area (Å²) in [5, 5.41) is 4.12. The third-order valence-corrected chi connectivity index (χ3v) is 4.61. The minimum Gasteiger partial charge on any atom is -0.497 e. The Morgan fingerprint density at radius 1 is 0.880 bits per heavy atom. The Morgan fingerprint density at radius 3 is 2.24 bits per heavy atom. The van der Waals surface area contributed by atoms with Gasteiger partial charge in [-0.15, -0.1) is 0 Å². The van der Waals surface area contributed by atoms with Crippen molar-refractivity contribution in [1.29, 1.82) is 0 Å². The summed E-state index contributed by atoms with van der Waals surface area (Å²) >= 11 is 0. The fourth-order valence-corrected chi connectivity index (χ4v) is 3.17. The van der Waals surface area contributed by atoms with E-state index in [0.717, 1.165) is 30.0 Å². The van der Waals surface area contributed by atoms with Gasteiger partial charge in [0.15, 0.2) is 0 Å². The van der Waals surface area contributed by atoms with E-state index in [1.165, 1.54) is 24.9 Å². The lowest BCUT2D eigenvalue weighted by molar-refractivity contribution is 0.414. The highest BCUT2D eigenvalue weighted by Gasteiger charge is 2.13. The predicted octanol–water partition coefficient (Wildman–Crippen LogP) is 4.40. The molecule has 0 bridgehead atoms. The molecule has 4 rings (SSSR count). The summed E-state index contributed by atoms with van der Waals surface area (Å²) in [4.78, 5) is 6.95. The van der Waals surface area contributed by atoms with Crippen molar-refractivity contribution in [3.05, 3.63) is 48.5 Å². The van der Waals surface area contributed by atoms with Crippen LogP contribution in [-0.2, 0) is 0 Å². The quantitative estimate of drug-likeness (QED) is 0.707. The molecule has 5 heteroatoms. The average Bonchev–Trinajstić information content (AvgIpc) is 3.19. The predicted molar refractivity (Wildman–Crippen MR) is 97.8 cm³/mol. The van der Waals surface area contributed by atoms with E-state index < -0.39 is 0 Å². The van der Waals surface area contributed by atoms with Crippen molar-refractivity contribution in [3.8, 4) is 28.6 Å². The lowest BCUT2D eigenvalue weighted by Gasteiger charge is -2.28. The molecule has 0 radical (unpaired) electrons. The number of rotatable bonds is 4. The molecule has 25 heavy (non-hydrogen) atoms. The molecule has 2 heterocycles. The highest BCUT2D eigenvalue weighted by atomic mass is 16.5. The van der Waals surface area contributed by atoms with E-state index in [1.54, 1.807) is 7.11 Å². The Labute approximate surface area is 147 Å². The molecule has 1 aliphatic heterocycles. The third-order valence-electron chi connectivity index (χ3n) is 4.61. The number of hydrogen-bond acceptors (Lipinski definition) is 5. The topological polar surface area (TPSA) is 51.4 Å². The zero-order chi connectivity index (χ0) is 17.1. The Balaban J connectivity index is 1.53. The second-order valence-corrected chi connectivity index (χ2v) is 6.25. The first-order valence-electron chi connectivity index (χ1n) is 8.67. The molecular formula is C20H21N3O2. The summed E-state index contributed by atoms with van der Waals surface area (Å²) in [6, 6.07) is 16.0. The standard InChI is InChI=1S/C20H21N3O2/c1-24-18-11-7-16(8-12-18)20-21-19(22-25-20)15-5-9-17(10-6-15)23-13-3-2-4-14-23/h5-12H,2-4,13-14H2,1H3. The monoisotopic (exact) mass is 335 g/mol. The van der Waals surface area contributed by atoms with Crippen molar-refractivity contribution < 1.29 is 9.26 Å². The number of methoxy groups -OCH3 is 1. The third kappa shape index (κ3) is 3.36. The van der Waals surface area contributed by atoms with Gasteiger partial charge in [0, 0.05) is 29.9 Å². The van der Waals surface area contributed by atoms with Gasteiger partial charge in [-0.1, -0.05) is 5.16 Å². The second-order valence-electron chi connectivity index (χ2n) is 6.25. The van der Waals surface area contributed by atoms with Gasteiger partial charge < -0.3 is 14.2 Å². The van der Waals surface area contributed by atoms with Gasteiger partial charge in [0.2, 0.25) is 5.82 Å². The molecule has 0 unspecified atom stereocenters. The van der Waals surface area contributed by atoms with Gasteiger partial charge in [-0.2, -0.15) is 4.98 Å². The largest absolute Gasteiger partial charge is 0.497 e. The summed E-state index contributed by atoms with van der Waals surface area (Å²) in [6.07, 6.45) is 3.89. The Bertz CT molecular complexity index is 819. The van der Waals surface area contributed by atoms with Crippen LogP contribution in [0.3, 0.4) is 0 Å². The molecule has 5 nitrogen and oxygen atoms in total. The molecule has 1 fully saturated rings. The molecule has 0 aliphatic carbocycles. The first-order chi connectivity index (χ1) is 12.3. The van der Waals surface area contributed by atoms with Crippen molar-refractivity contribution >= 4 is 5.69 Å². The highest BCUT2D eigenvalue weighted by Crippen LogP contribution is 2.26. The number of benzene rings is 2. The minimum atomic E-state index is 0.512. The summed E-state index contributed by atoms with van der Waals surface area (Å²) in [5.41, 5.74) is 3.11. The van der Waals surface area contributed by atoms with Crippen LogP contribution in [0.15, 0.2) is 53.1 Å². The molecular weight excluding hydrogens is 314 g/mol. The van der Waals surface area contributed by atoms with Gasteiger partial charge in [-0.05, 0) is 67.8 Å². The molecule has 1 aromatic heterocycles. The zero-order valence-electron chi connectivity index (χ0n) is 14.3. The van der Waals surface area contributed by atoms with E-state index in [4.69, 9.17) is 9.26 Å². The number of piperidine rings is 1. The maximum atomic E-state index is 5.41. The van der Waals surface area contributed by atoms with E-state index in [2.05, 4.69) is 39.3 Å². The molecule has 3 aromatic rings. The van der Waals surface area contributed by atoms with Crippen LogP contribution in [0.2, 0.25) is 0 Å². The summed E-state index contributed by atoms with van der Waals surface area (Å²) < 4.78 is 10.6. The first kappa shape index (κ1) is 15.7. The maximum Gasteiger partial charge on any atom is 0.258 e. The van der Waals surface area contributed by atoms with E-state index in [-0.39, 0.29) is 0 Å². The van der Waals surface area contributed by atoms with Crippen LogP contribution in [0, 0.1) is 0 Å². The van der Waals surface area contributed by atoms with Crippen molar-refractivity contribution in [3.63, 3.8) is 0 Å². The molecule has 128 valence electrons. The van der Waals surface area contributed by atoms with Crippen LogP contribution >= 0.6 is 0 Å². The smallest absolute Gasteiger partial charge is 0.258 e. The average molecular weight is 335 g/mol. The van der Waals surface area contributed by atoms with E-state index in [0.29, 0.717) is 11.7 Å². The minimum absolute atomic E-state index is 0.512. The Morgan fingerprint density at radius 2 is 1.56 bits per heavy atom. The van der Waals surface area contributed by atoms with Crippen LogP contribution in [0.25, 0.3) is 22.8 Å². The molecule has 0 spiro atoms. The second kappa shape index (κ2) is 6.97. The van der Waals surface area contributed by atoms with Crippen LogP contribution in [0.4, 0.5) is 5.69 Å². The number of hydrogen-bond donors (Lipinski definition) is 0. The number of ether oxygens (including phenoxy) is 1. The van der Waals surface area contributed by atoms with E-state index in [9.17, 15) is 0 Å². The Hall–Kier alpha value is -2.82. The summed E-state index contributed by atoms with van der Waals surface area (Å²) in [7, 11) is 1.65. The molecule has 2 aromatic carbocycles. The van der Waals surface area contributed by atoms with Crippen molar-refractivity contribution in [1.82, 2.24) is 10.1 Å². The summed E-state index contributed by atoms with van der Waals surface area (Å²) in [5.74, 6) is 1.92. The molecule has 0 atom stereocenters. The van der Waals surface area contributed by atoms with Crippen molar-refractivity contribution in [2.75, 3.05) is 25.1 Å². The summed E-state index contributed by atoms with van der Waals surface area (Å²) in [6.45, 7) is 2.28. The normalized spacial score (nSPS) is 14.5. The number of nitrogens with zero attached hydrogens (tertiary/aromatic N) is 3. The highest BCUT2D eigenvalue weighted by molar-refractivity contribution is 5.63. The van der Waals surface area contributed by atoms with E-state index >= 15 is 0 Å². The maximum absolute atomic E-state index is 5.41. The molecule has 1 saturated heterocycles. The Kier molecular flexibility index (Phi) is 4.37. The van der Waals surface area contributed by atoms with Gasteiger partial charge in [-0.25, -0.2) is 0 Å². The number of anilines is 1. The van der Waals surface area contributed by atoms with Crippen LogP contribution in [-0.4, -0.2) is 30.3 Å². The van der Waals surface area contributed by atoms with Crippen molar-refractivity contribution in [2.45, 2.75) is 19.3 Å². The van der Waals surface area contributed by atoms with Crippen molar-refractivity contribution in [2.24, 2.45) is 0 Å². The zero-order valence-corrected chi connectivity index (χ0v) is 14.3. The lowest BCUT2D eigenvalue weighted by Crippen LogP contribution is -2.29. The van der Waals surface area contributed by atoms with Gasteiger partial charge >= 0.3 is 0 Å². The molecule has 0 amide bonds. The number of aromatic nitrogens is 2. The molecule has 1 aliphatic rings. The molecule has 0 N–H and O–H groups in total. The SMILES string of the molecule is COc1ccc(-c2nc(-c3ccc(N4CCCCC4)cc3)no2)cc1. The van der Waals surface area contributed by atoms with Crippen LogP contribution in [0.1, 0.15) is 19.3 Å². The van der Waals surface area contributed by atoms with Crippen LogP contribution in [0.5, 0.6) is 5.75 Å². The van der Waals surface area contributed by atoms with E-state index in [1.807, 2.05) is 24.3 Å². The van der Waals surface area contributed by atoms with Gasteiger partial charge in [0.25, 0.3) is 5.89 Å². The molecule has 0 saturated carbocycles. The van der Waals surface area contributed by atoms with Gasteiger partial charge in [0.05, 0.1) is 7.11 Å². The van der Waals surface area contributed by atoms with Crippen LogP contribution < -0.4 is 9.64 Å².